The SMILES string of the molecule is C#CCOC(=O)NC(CC(C)C)C(=O)OCCCCCCC. The van der Waals surface area contributed by atoms with Crippen LogP contribution in [-0.2, 0) is 14.3 Å². The van der Waals surface area contributed by atoms with Crippen molar-refractivity contribution in [3.05, 3.63) is 0 Å². The second kappa shape index (κ2) is 13.0. The molecule has 0 rings (SSSR count). The van der Waals surface area contributed by atoms with Crippen LogP contribution in [0.15, 0.2) is 0 Å². The van der Waals surface area contributed by atoms with Gasteiger partial charge in [-0.2, -0.15) is 0 Å². The minimum atomic E-state index is -0.694. The molecule has 1 unspecified atom stereocenters. The Hall–Kier alpha value is -1.70. The molecule has 0 aromatic rings. The summed E-state index contributed by atoms with van der Waals surface area (Å²) in [5.74, 6) is 2.03. The average molecular weight is 311 g/mol. The van der Waals surface area contributed by atoms with Crippen LogP contribution < -0.4 is 5.32 Å². The molecule has 0 aromatic heterocycles. The summed E-state index contributed by atoms with van der Waals surface area (Å²) in [6, 6.07) is -0.694. The van der Waals surface area contributed by atoms with Crippen LogP contribution in [0.25, 0.3) is 0 Å². The van der Waals surface area contributed by atoms with E-state index in [9.17, 15) is 9.59 Å². The molecule has 0 aliphatic rings. The fraction of sp³-hybridized carbons (Fsp3) is 0.765. The van der Waals surface area contributed by atoms with Crippen LogP contribution >= 0.6 is 0 Å². The van der Waals surface area contributed by atoms with Crippen LogP contribution in [0.2, 0.25) is 0 Å². The first kappa shape index (κ1) is 20.3. The van der Waals surface area contributed by atoms with E-state index in [1.165, 1.54) is 12.8 Å². The second-order valence-corrected chi connectivity index (χ2v) is 5.69. The normalized spacial score (nSPS) is 11.6. The molecule has 0 bridgehead atoms. The lowest BCUT2D eigenvalue weighted by Gasteiger charge is -2.18. The van der Waals surface area contributed by atoms with E-state index in [1.54, 1.807) is 0 Å². The summed E-state index contributed by atoms with van der Waals surface area (Å²) in [6.45, 7) is 6.37. The van der Waals surface area contributed by atoms with Gasteiger partial charge in [-0.25, -0.2) is 9.59 Å². The number of amides is 1. The minimum absolute atomic E-state index is 0.118. The summed E-state index contributed by atoms with van der Waals surface area (Å²) < 4.78 is 9.97. The van der Waals surface area contributed by atoms with Gasteiger partial charge in [0, 0.05) is 0 Å². The summed E-state index contributed by atoms with van der Waals surface area (Å²) in [5.41, 5.74) is 0. The zero-order chi connectivity index (χ0) is 16.8. The number of carbonyl (C=O) groups excluding carboxylic acids is 2. The maximum Gasteiger partial charge on any atom is 0.408 e. The van der Waals surface area contributed by atoms with E-state index in [4.69, 9.17) is 15.9 Å². The first-order valence-electron chi connectivity index (χ1n) is 8.04. The molecule has 126 valence electrons. The zero-order valence-corrected chi connectivity index (χ0v) is 14.0. The number of nitrogens with one attached hydrogen (secondary N) is 1. The van der Waals surface area contributed by atoms with Crippen molar-refractivity contribution in [3.63, 3.8) is 0 Å². The third-order valence-electron chi connectivity index (χ3n) is 3.06. The number of hydrogen-bond donors (Lipinski definition) is 1. The van der Waals surface area contributed by atoms with Crippen LogP contribution in [0.4, 0.5) is 4.79 Å². The Labute approximate surface area is 134 Å². The van der Waals surface area contributed by atoms with Crippen molar-refractivity contribution in [1.29, 1.82) is 0 Å². The number of rotatable bonds is 11. The van der Waals surface area contributed by atoms with E-state index in [-0.39, 0.29) is 12.5 Å². The molecular weight excluding hydrogens is 282 g/mol. The smallest absolute Gasteiger partial charge is 0.408 e. The van der Waals surface area contributed by atoms with Crippen molar-refractivity contribution in [3.8, 4) is 12.3 Å². The number of terminal acetylenes is 1. The van der Waals surface area contributed by atoms with Gasteiger partial charge in [0.2, 0.25) is 0 Å². The zero-order valence-electron chi connectivity index (χ0n) is 14.0. The highest BCUT2D eigenvalue weighted by atomic mass is 16.6. The van der Waals surface area contributed by atoms with E-state index in [0.29, 0.717) is 13.0 Å². The van der Waals surface area contributed by atoms with Crippen LogP contribution in [0.3, 0.4) is 0 Å². The number of alkyl carbamates (subject to hydrolysis) is 1. The highest BCUT2D eigenvalue weighted by molar-refractivity contribution is 5.81. The predicted octanol–water partition coefficient (Wildman–Crippen LogP) is 3.27. The van der Waals surface area contributed by atoms with Crippen molar-refractivity contribution in [1.82, 2.24) is 5.32 Å². The summed E-state index contributed by atoms with van der Waals surface area (Å²) >= 11 is 0. The number of unbranched alkanes of at least 4 members (excludes halogenated alkanes) is 4. The Kier molecular flexibility index (Phi) is 12.0. The number of carbonyl (C=O) groups is 2. The summed E-state index contributed by atoms with van der Waals surface area (Å²) in [6.07, 6.45) is 10.3. The molecule has 0 aliphatic carbocycles. The molecule has 1 atom stereocenters. The fourth-order valence-electron chi connectivity index (χ4n) is 1.96. The lowest BCUT2D eigenvalue weighted by molar-refractivity contribution is -0.146. The van der Waals surface area contributed by atoms with Gasteiger partial charge in [-0.15, -0.1) is 6.42 Å². The molecular formula is C17H29NO4. The highest BCUT2D eigenvalue weighted by Crippen LogP contribution is 2.08. The molecule has 0 saturated carbocycles. The first-order chi connectivity index (χ1) is 10.5. The number of ether oxygens (including phenoxy) is 2. The van der Waals surface area contributed by atoms with Gasteiger partial charge in [-0.1, -0.05) is 52.4 Å². The van der Waals surface area contributed by atoms with E-state index in [1.807, 2.05) is 13.8 Å². The Morgan fingerprint density at radius 1 is 1.14 bits per heavy atom. The van der Waals surface area contributed by atoms with Crippen molar-refractivity contribution in [2.75, 3.05) is 13.2 Å². The van der Waals surface area contributed by atoms with Gasteiger partial charge in [-0.05, 0) is 18.8 Å². The number of hydrogen-bond acceptors (Lipinski definition) is 4. The largest absolute Gasteiger partial charge is 0.464 e. The van der Waals surface area contributed by atoms with Gasteiger partial charge >= 0.3 is 12.1 Å². The Balaban J connectivity index is 4.16. The molecule has 0 fully saturated rings. The van der Waals surface area contributed by atoms with Gasteiger partial charge in [0.1, 0.15) is 6.04 Å². The molecule has 5 heteroatoms. The quantitative estimate of drug-likeness (QED) is 0.361. The van der Waals surface area contributed by atoms with E-state index < -0.39 is 18.1 Å². The third kappa shape index (κ3) is 11.0. The molecule has 1 N–H and O–H groups in total. The summed E-state index contributed by atoms with van der Waals surface area (Å²) in [5, 5.41) is 2.51. The fourth-order valence-corrected chi connectivity index (χ4v) is 1.96. The Morgan fingerprint density at radius 2 is 1.82 bits per heavy atom. The Morgan fingerprint density at radius 3 is 2.41 bits per heavy atom. The Bertz CT molecular complexity index is 360. The predicted molar refractivity (Wildman–Crippen MR) is 86.3 cm³/mol. The third-order valence-corrected chi connectivity index (χ3v) is 3.06. The van der Waals surface area contributed by atoms with Crippen molar-refractivity contribution >= 4 is 12.1 Å². The topological polar surface area (TPSA) is 64.6 Å². The molecule has 5 nitrogen and oxygen atoms in total. The maximum atomic E-state index is 12.0. The van der Waals surface area contributed by atoms with Crippen molar-refractivity contribution < 1.29 is 19.1 Å². The molecule has 0 aliphatic heterocycles. The van der Waals surface area contributed by atoms with Crippen LogP contribution in [0, 0.1) is 18.3 Å². The van der Waals surface area contributed by atoms with Crippen molar-refractivity contribution in [2.45, 2.75) is 65.3 Å². The van der Waals surface area contributed by atoms with E-state index in [2.05, 4.69) is 18.2 Å². The standard InChI is InChI=1S/C17H29NO4/c1-5-7-8-9-10-12-21-16(19)15(13-14(3)4)18-17(20)22-11-6-2/h2,14-15H,5,7-13H2,1,3-4H3,(H,18,20). The average Bonchev–Trinajstić information content (AvgIpc) is 2.47. The highest BCUT2D eigenvalue weighted by Gasteiger charge is 2.23. The van der Waals surface area contributed by atoms with Gasteiger partial charge < -0.3 is 14.8 Å². The molecule has 0 saturated heterocycles. The van der Waals surface area contributed by atoms with Gasteiger partial charge in [-0.3, -0.25) is 0 Å². The first-order valence-corrected chi connectivity index (χ1v) is 8.04. The molecule has 0 heterocycles. The molecule has 0 aromatic carbocycles. The van der Waals surface area contributed by atoms with Gasteiger partial charge in [0.15, 0.2) is 6.61 Å². The van der Waals surface area contributed by atoms with E-state index >= 15 is 0 Å². The van der Waals surface area contributed by atoms with Crippen LogP contribution in [-0.4, -0.2) is 31.3 Å². The minimum Gasteiger partial charge on any atom is -0.464 e. The second-order valence-electron chi connectivity index (χ2n) is 5.69. The molecule has 0 spiro atoms. The van der Waals surface area contributed by atoms with Gasteiger partial charge in [0.05, 0.1) is 6.61 Å². The lowest BCUT2D eigenvalue weighted by atomic mass is 10.0. The number of esters is 1. The van der Waals surface area contributed by atoms with Crippen LogP contribution in [0.5, 0.6) is 0 Å². The molecule has 22 heavy (non-hydrogen) atoms. The lowest BCUT2D eigenvalue weighted by Crippen LogP contribution is -2.43. The summed E-state index contributed by atoms with van der Waals surface area (Å²) in [7, 11) is 0. The maximum absolute atomic E-state index is 12.0. The monoisotopic (exact) mass is 311 g/mol. The van der Waals surface area contributed by atoms with Gasteiger partial charge in [0.25, 0.3) is 0 Å². The molecule has 0 radical (unpaired) electrons. The van der Waals surface area contributed by atoms with E-state index in [0.717, 1.165) is 19.3 Å². The summed E-state index contributed by atoms with van der Waals surface area (Å²) in [4.78, 5) is 23.6. The van der Waals surface area contributed by atoms with Crippen LogP contribution in [0.1, 0.15) is 59.3 Å². The molecule has 1 amide bonds. The van der Waals surface area contributed by atoms with Crippen molar-refractivity contribution in [2.24, 2.45) is 5.92 Å².